The van der Waals surface area contributed by atoms with E-state index in [4.69, 9.17) is 4.42 Å². The number of aryl methyl sites for hydroxylation is 1. The SMILES string of the molecule is CCNC(=O)c1ccc(C(=O)/C(C#N)=C(\Nc2ccc3oc(C)cc3c2)N[C@H]2CCCCN(CC(=O)N3CCCC3)C2=O)cc1. The summed E-state index contributed by atoms with van der Waals surface area (Å²) in [7, 11) is 0. The summed E-state index contributed by atoms with van der Waals surface area (Å²) in [4.78, 5) is 56.1. The zero-order chi connectivity index (χ0) is 31.9. The van der Waals surface area contributed by atoms with Gasteiger partial charge in [0.2, 0.25) is 17.6 Å². The van der Waals surface area contributed by atoms with Crippen LogP contribution in [0.5, 0.6) is 0 Å². The summed E-state index contributed by atoms with van der Waals surface area (Å²) in [5.74, 6) is -0.327. The van der Waals surface area contributed by atoms with Crippen LogP contribution in [0.3, 0.4) is 0 Å². The summed E-state index contributed by atoms with van der Waals surface area (Å²) in [5, 5.41) is 20.2. The number of anilines is 1. The third-order valence-electron chi connectivity index (χ3n) is 8.13. The summed E-state index contributed by atoms with van der Waals surface area (Å²) in [6.45, 7) is 6.01. The second kappa shape index (κ2) is 14.1. The Labute approximate surface area is 262 Å². The van der Waals surface area contributed by atoms with Crippen molar-refractivity contribution in [2.24, 2.45) is 0 Å². The van der Waals surface area contributed by atoms with E-state index in [0.717, 1.165) is 36.8 Å². The number of benzene rings is 2. The number of Topliss-reactive ketones (excluding diaryl/α,β-unsaturated/α-hetero) is 1. The van der Waals surface area contributed by atoms with Gasteiger partial charge in [-0.1, -0.05) is 12.1 Å². The predicted molar refractivity (Wildman–Crippen MR) is 169 cm³/mol. The molecule has 234 valence electrons. The Morgan fingerprint density at radius 3 is 2.40 bits per heavy atom. The number of likely N-dealkylation sites (tertiary alicyclic amines) is 2. The van der Waals surface area contributed by atoms with E-state index in [2.05, 4.69) is 16.0 Å². The molecule has 0 saturated carbocycles. The fourth-order valence-electron chi connectivity index (χ4n) is 5.77. The number of amides is 3. The highest BCUT2D eigenvalue weighted by molar-refractivity contribution is 6.12. The molecule has 0 spiro atoms. The van der Waals surface area contributed by atoms with E-state index in [-0.39, 0.29) is 41.2 Å². The molecule has 0 unspecified atom stereocenters. The molecule has 11 heteroatoms. The molecule has 3 aromatic rings. The topological polar surface area (TPSA) is 148 Å². The lowest BCUT2D eigenvalue weighted by molar-refractivity contribution is -0.140. The van der Waals surface area contributed by atoms with Gasteiger partial charge < -0.3 is 30.2 Å². The largest absolute Gasteiger partial charge is 0.461 e. The molecule has 11 nitrogen and oxygen atoms in total. The van der Waals surface area contributed by atoms with E-state index in [9.17, 15) is 24.4 Å². The Bertz CT molecular complexity index is 1660. The Hall–Kier alpha value is -5.11. The number of carbonyl (C=O) groups excluding carboxylic acids is 4. The average molecular weight is 611 g/mol. The van der Waals surface area contributed by atoms with Gasteiger partial charge in [0.25, 0.3) is 5.91 Å². The van der Waals surface area contributed by atoms with Gasteiger partial charge in [-0.05, 0) is 82.3 Å². The summed E-state index contributed by atoms with van der Waals surface area (Å²) in [5.41, 5.74) is 1.66. The van der Waals surface area contributed by atoms with Crippen LogP contribution in [-0.4, -0.2) is 72.1 Å². The van der Waals surface area contributed by atoms with Crippen molar-refractivity contribution < 1.29 is 23.6 Å². The molecular formula is C34H38N6O5. The first-order chi connectivity index (χ1) is 21.8. The minimum absolute atomic E-state index is 0.00198. The molecule has 1 aromatic heterocycles. The summed E-state index contributed by atoms with van der Waals surface area (Å²) >= 11 is 0. The van der Waals surface area contributed by atoms with E-state index in [1.165, 1.54) is 24.3 Å². The Kier molecular flexibility index (Phi) is 9.82. The number of nitrogens with zero attached hydrogens (tertiary/aromatic N) is 3. The lowest BCUT2D eigenvalue weighted by Gasteiger charge is -2.28. The first-order valence-corrected chi connectivity index (χ1v) is 15.4. The maximum Gasteiger partial charge on any atom is 0.251 e. The lowest BCUT2D eigenvalue weighted by atomic mass is 10.0. The molecule has 3 heterocycles. The highest BCUT2D eigenvalue weighted by Crippen LogP contribution is 2.25. The second-order valence-corrected chi connectivity index (χ2v) is 11.4. The number of carbonyl (C=O) groups is 4. The minimum Gasteiger partial charge on any atom is -0.461 e. The molecule has 0 radical (unpaired) electrons. The van der Waals surface area contributed by atoms with Crippen LogP contribution in [0.2, 0.25) is 0 Å². The van der Waals surface area contributed by atoms with Gasteiger partial charge in [0.15, 0.2) is 0 Å². The molecule has 2 aliphatic rings. The quantitative estimate of drug-likeness (QED) is 0.177. The van der Waals surface area contributed by atoms with Crippen LogP contribution >= 0.6 is 0 Å². The van der Waals surface area contributed by atoms with Crippen LogP contribution in [-0.2, 0) is 9.59 Å². The van der Waals surface area contributed by atoms with E-state index in [0.29, 0.717) is 49.4 Å². The zero-order valence-corrected chi connectivity index (χ0v) is 25.7. The van der Waals surface area contributed by atoms with Crippen molar-refractivity contribution in [1.29, 1.82) is 5.26 Å². The van der Waals surface area contributed by atoms with Crippen LogP contribution in [0.4, 0.5) is 5.69 Å². The summed E-state index contributed by atoms with van der Waals surface area (Å²) < 4.78 is 5.69. The van der Waals surface area contributed by atoms with Crippen molar-refractivity contribution >= 4 is 40.2 Å². The molecule has 3 N–H and O–H groups in total. The van der Waals surface area contributed by atoms with Crippen molar-refractivity contribution in [2.45, 2.75) is 52.0 Å². The molecule has 2 aromatic carbocycles. The van der Waals surface area contributed by atoms with Crippen molar-refractivity contribution in [3.8, 4) is 6.07 Å². The zero-order valence-electron chi connectivity index (χ0n) is 25.7. The van der Waals surface area contributed by atoms with Crippen LogP contribution in [0, 0.1) is 18.3 Å². The number of nitrogens with one attached hydrogen (secondary N) is 3. The van der Waals surface area contributed by atoms with Gasteiger partial charge in [0, 0.05) is 48.4 Å². The highest BCUT2D eigenvalue weighted by atomic mass is 16.3. The third-order valence-corrected chi connectivity index (χ3v) is 8.13. The molecule has 2 fully saturated rings. The van der Waals surface area contributed by atoms with Gasteiger partial charge >= 0.3 is 0 Å². The van der Waals surface area contributed by atoms with Crippen molar-refractivity contribution in [2.75, 3.05) is 38.0 Å². The lowest BCUT2D eigenvalue weighted by Crippen LogP contribution is -2.49. The molecule has 2 saturated heterocycles. The molecule has 3 amide bonds. The maximum absolute atomic E-state index is 13.8. The van der Waals surface area contributed by atoms with E-state index < -0.39 is 11.8 Å². The Morgan fingerprint density at radius 1 is 0.978 bits per heavy atom. The monoisotopic (exact) mass is 610 g/mol. The number of nitriles is 1. The number of rotatable bonds is 10. The summed E-state index contributed by atoms with van der Waals surface area (Å²) in [6, 6.07) is 14.6. The minimum atomic E-state index is -0.766. The van der Waals surface area contributed by atoms with E-state index in [1.54, 1.807) is 21.9 Å². The fourth-order valence-corrected chi connectivity index (χ4v) is 5.77. The molecule has 45 heavy (non-hydrogen) atoms. The second-order valence-electron chi connectivity index (χ2n) is 11.4. The number of hydrogen-bond acceptors (Lipinski definition) is 8. The molecular weight excluding hydrogens is 572 g/mol. The number of allylic oxidation sites excluding steroid dienone is 1. The Balaban J connectivity index is 1.46. The van der Waals surface area contributed by atoms with Crippen molar-refractivity contribution in [3.63, 3.8) is 0 Å². The van der Waals surface area contributed by atoms with E-state index in [1.807, 2.05) is 32.0 Å². The maximum atomic E-state index is 13.8. The van der Waals surface area contributed by atoms with Gasteiger partial charge in [-0.25, -0.2) is 0 Å². The van der Waals surface area contributed by atoms with Crippen LogP contribution in [0.1, 0.15) is 65.5 Å². The van der Waals surface area contributed by atoms with Gasteiger partial charge in [-0.3, -0.25) is 19.2 Å². The number of ketones is 1. The van der Waals surface area contributed by atoms with Gasteiger partial charge in [-0.15, -0.1) is 0 Å². The van der Waals surface area contributed by atoms with Crippen LogP contribution < -0.4 is 16.0 Å². The first kappa shape index (κ1) is 31.3. The number of hydrogen-bond donors (Lipinski definition) is 3. The fraction of sp³-hybridized carbons (Fsp3) is 0.382. The molecule has 2 aliphatic heterocycles. The molecule has 5 rings (SSSR count). The number of fused-ring (bicyclic) bond motifs is 1. The van der Waals surface area contributed by atoms with Gasteiger partial charge in [0.1, 0.15) is 34.8 Å². The molecule has 0 bridgehead atoms. The average Bonchev–Trinajstić information content (AvgIpc) is 3.67. The van der Waals surface area contributed by atoms with Gasteiger partial charge in [0.05, 0.1) is 6.54 Å². The van der Waals surface area contributed by atoms with Gasteiger partial charge in [-0.2, -0.15) is 5.26 Å². The highest BCUT2D eigenvalue weighted by Gasteiger charge is 2.32. The normalized spacial score (nSPS) is 17.4. The standard InChI is InChI=1S/C34H38N6O5/c1-3-36-33(43)24-11-9-23(10-12-24)31(42)27(20-35)32(37-26-13-14-29-25(19-26)18-22(2)45-29)38-28-8-4-5-17-40(34(28)44)21-30(41)39-15-6-7-16-39/h9-14,18-19,28,37-38H,3-8,15-17,21H2,1-2H3,(H,36,43)/b32-27+/t28-/m0/s1. The van der Waals surface area contributed by atoms with E-state index >= 15 is 0 Å². The first-order valence-electron chi connectivity index (χ1n) is 15.4. The summed E-state index contributed by atoms with van der Waals surface area (Å²) in [6.07, 6.45) is 3.86. The smallest absolute Gasteiger partial charge is 0.251 e. The van der Waals surface area contributed by atoms with Crippen LogP contribution in [0.25, 0.3) is 11.0 Å². The number of furan rings is 1. The van der Waals surface area contributed by atoms with Crippen molar-refractivity contribution in [3.05, 3.63) is 76.8 Å². The predicted octanol–water partition coefficient (Wildman–Crippen LogP) is 4.11. The molecule has 0 aliphatic carbocycles. The van der Waals surface area contributed by atoms with Crippen LogP contribution in [0.15, 0.2) is 64.3 Å². The van der Waals surface area contributed by atoms with Crippen molar-refractivity contribution in [1.82, 2.24) is 20.4 Å². The Morgan fingerprint density at radius 2 is 1.69 bits per heavy atom. The third kappa shape index (κ3) is 7.34. The molecule has 1 atom stereocenters.